The molecule has 3 atom stereocenters. The second-order valence-corrected chi connectivity index (χ2v) is 9.77. The summed E-state index contributed by atoms with van der Waals surface area (Å²) in [6, 6.07) is 19.0. The maximum atomic E-state index is 6.14. The van der Waals surface area contributed by atoms with Crippen LogP contribution in [0, 0.1) is 18.8 Å². The van der Waals surface area contributed by atoms with Crippen LogP contribution in [0.15, 0.2) is 67.0 Å². The zero-order chi connectivity index (χ0) is 25.1. The molecule has 36 heavy (non-hydrogen) atoms. The molecule has 4 aromatic rings. The quantitative estimate of drug-likeness (QED) is 0.403. The second kappa shape index (κ2) is 10.4. The predicted molar refractivity (Wildman–Crippen MR) is 144 cm³/mol. The summed E-state index contributed by atoms with van der Waals surface area (Å²) in [6.07, 6.45) is 9.45. The molecule has 2 aromatic heterocycles. The van der Waals surface area contributed by atoms with Gasteiger partial charge in [0.1, 0.15) is 18.1 Å². The highest BCUT2D eigenvalue weighted by molar-refractivity contribution is 5.65. The number of rotatable bonds is 6. The fourth-order valence-electron chi connectivity index (χ4n) is 5.33. The van der Waals surface area contributed by atoms with E-state index in [2.05, 4.69) is 83.6 Å². The van der Waals surface area contributed by atoms with E-state index in [9.17, 15) is 0 Å². The fraction of sp³-hybridized carbons (Fsp3) is 0.290. The Bertz CT molecular complexity index is 1460. The van der Waals surface area contributed by atoms with Crippen LogP contribution >= 0.6 is 0 Å². The second-order valence-electron chi connectivity index (χ2n) is 9.77. The first-order valence-electron chi connectivity index (χ1n) is 12.6. The number of nitrogens with zero attached hydrogens (tertiary/aromatic N) is 2. The van der Waals surface area contributed by atoms with Crippen molar-refractivity contribution >= 4 is 12.2 Å². The van der Waals surface area contributed by atoms with Gasteiger partial charge in [0, 0.05) is 17.5 Å². The summed E-state index contributed by atoms with van der Waals surface area (Å²) in [5.74, 6) is 3.08. The number of benzene rings is 2. The minimum absolute atomic E-state index is 0.391. The van der Waals surface area contributed by atoms with E-state index in [0.717, 1.165) is 40.4 Å². The minimum atomic E-state index is 0.391. The number of aryl methyl sites for hydroxylation is 1. The molecule has 0 bridgehead atoms. The van der Waals surface area contributed by atoms with Crippen LogP contribution in [0.25, 0.3) is 23.3 Å². The van der Waals surface area contributed by atoms with Crippen molar-refractivity contribution in [3.63, 3.8) is 0 Å². The molecule has 0 saturated heterocycles. The van der Waals surface area contributed by atoms with Gasteiger partial charge in [0.2, 0.25) is 0 Å². The highest BCUT2D eigenvalue weighted by Crippen LogP contribution is 2.36. The van der Waals surface area contributed by atoms with Crippen molar-refractivity contribution in [3.05, 3.63) is 94.4 Å². The number of nitrogens with one attached hydrogen (secondary N) is 1. The Balaban J connectivity index is 1.33. The molecule has 0 spiro atoms. The molecule has 0 fully saturated rings. The Labute approximate surface area is 212 Å². The summed E-state index contributed by atoms with van der Waals surface area (Å²) in [6.45, 7) is 7.09. The maximum Gasteiger partial charge on any atom is 0.130 e. The van der Waals surface area contributed by atoms with E-state index in [4.69, 9.17) is 9.47 Å². The number of pyridine rings is 1. The molecule has 2 aromatic carbocycles. The van der Waals surface area contributed by atoms with Gasteiger partial charge in [-0.2, -0.15) is 5.10 Å². The molecular formula is C31H33N3O2. The lowest BCUT2D eigenvalue weighted by Gasteiger charge is -2.29. The summed E-state index contributed by atoms with van der Waals surface area (Å²) in [5, 5.41) is 9.86. The van der Waals surface area contributed by atoms with Crippen molar-refractivity contribution in [2.45, 2.75) is 39.7 Å². The Morgan fingerprint density at radius 1 is 0.972 bits per heavy atom. The van der Waals surface area contributed by atoms with Gasteiger partial charge in [0.25, 0.3) is 0 Å². The standard InChI is InChI=1S/C31H33N3O2/c1-20-5-6-23-7-12-28(35-4)17-26(23)15-21(2)31(20)24-8-10-27(11-9-24)36-19-30-29(18-33-34-30)25-13-14-32-22(3)16-25/h6-18,20-21,31H,5,19H2,1-4H3,(H,33,34)/b23-6+,26-15-. The van der Waals surface area contributed by atoms with E-state index < -0.39 is 0 Å². The smallest absolute Gasteiger partial charge is 0.130 e. The Kier molecular flexibility index (Phi) is 6.90. The number of H-pyrrole nitrogens is 1. The zero-order valence-corrected chi connectivity index (χ0v) is 21.4. The summed E-state index contributed by atoms with van der Waals surface area (Å²) in [7, 11) is 1.72. The molecule has 1 aliphatic rings. The van der Waals surface area contributed by atoms with E-state index in [1.54, 1.807) is 7.11 Å². The summed E-state index contributed by atoms with van der Waals surface area (Å²) in [5.41, 5.74) is 5.40. The van der Waals surface area contributed by atoms with Crippen LogP contribution in [0.2, 0.25) is 0 Å². The summed E-state index contributed by atoms with van der Waals surface area (Å²) >= 11 is 0. The Morgan fingerprint density at radius 2 is 1.78 bits per heavy atom. The van der Waals surface area contributed by atoms with Crippen LogP contribution in [-0.2, 0) is 6.61 Å². The average molecular weight is 480 g/mol. The Hall–Kier alpha value is -3.86. The molecule has 184 valence electrons. The lowest BCUT2D eigenvalue weighted by atomic mass is 9.75. The molecule has 0 radical (unpaired) electrons. The zero-order valence-electron chi connectivity index (χ0n) is 21.4. The van der Waals surface area contributed by atoms with Crippen LogP contribution in [0.3, 0.4) is 0 Å². The van der Waals surface area contributed by atoms with Gasteiger partial charge in [0.05, 0.1) is 19.0 Å². The third-order valence-corrected chi connectivity index (χ3v) is 7.20. The molecule has 5 nitrogen and oxygen atoms in total. The highest BCUT2D eigenvalue weighted by atomic mass is 16.5. The van der Waals surface area contributed by atoms with Crippen LogP contribution < -0.4 is 19.9 Å². The largest absolute Gasteiger partial charge is 0.497 e. The van der Waals surface area contributed by atoms with Gasteiger partial charge < -0.3 is 9.47 Å². The minimum Gasteiger partial charge on any atom is -0.497 e. The molecule has 0 saturated carbocycles. The molecule has 1 N–H and O–H groups in total. The highest BCUT2D eigenvalue weighted by Gasteiger charge is 2.24. The number of aromatic nitrogens is 3. The Morgan fingerprint density at radius 3 is 2.56 bits per heavy atom. The van der Waals surface area contributed by atoms with Crippen LogP contribution in [-0.4, -0.2) is 22.3 Å². The van der Waals surface area contributed by atoms with Crippen molar-refractivity contribution in [2.24, 2.45) is 11.8 Å². The number of aromatic amines is 1. The lowest BCUT2D eigenvalue weighted by molar-refractivity contribution is 0.301. The van der Waals surface area contributed by atoms with Gasteiger partial charge in [-0.15, -0.1) is 0 Å². The van der Waals surface area contributed by atoms with Crippen molar-refractivity contribution in [1.82, 2.24) is 15.2 Å². The van der Waals surface area contributed by atoms with E-state index in [0.29, 0.717) is 24.4 Å². The van der Waals surface area contributed by atoms with Gasteiger partial charge in [-0.25, -0.2) is 0 Å². The normalized spacial score (nSPS) is 21.2. The molecule has 3 unspecified atom stereocenters. The van der Waals surface area contributed by atoms with Crippen LogP contribution in [0.5, 0.6) is 11.5 Å². The third kappa shape index (κ3) is 5.06. The summed E-state index contributed by atoms with van der Waals surface area (Å²) in [4.78, 5) is 4.29. The molecule has 0 amide bonds. The lowest BCUT2D eigenvalue weighted by Crippen LogP contribution is -2.30. The van der Waals surface area contributed by atoms with Crippen molar-refractivity contribution < 1.29 is 9.47 Å². The number of ether oxygens (including phenoxy) is 2. The number of methoxy groups -OCH3 is 1. The summed E-state index contributed by atoms with van der Waals surface area (Å²) < 4.78 is 11.6. The van der Waals surface area contributed by atoms with E-state index in [-0.39, 0.29) is 0 Å². The van der Waals surface area contributed by atoms with Gasteiger partial charge in [-0.05, 0) is 89.1 Å². The first kappa shape index (κ1) is 23.9. The number of hydrogen-bond donors (Lipinski definition) is 1. The molecule has 0 aliphatic heterocycles. The first-order chi connectivity index (χ1) is 17.5. The van der Waals surface area contributed by atoms with E-state index in [1.165, 1.54) is 16.0 Å². The average Bonchev–Trinajstić information content (AvgIpc) is 3.35. The monoisotopic (exact) mass is 479 g/mol. The number of fused-ring (bicyclic) bond motifs is 1. The van der Waals surface area contributed by atoms with Gasteiger partial charge in [-0.1, -0.05) is 44.2 Å². The topological polar surface area (TPSA) is 60.0 Å². The predicted octanol–water partition coefficient (Wildman–Crippen LogP) is 5.39. The SMILES string of the molecule is COc1ccc2/c(c1)=C\C(C)C(c1ccc(OCc3[nH]ncc3-c3ccnc(C)c3)cc1)C(C)C/C=2. The van der Waals surface area contributed by atoms with Crippen LogP contribution in [0.4, 0.5) is 0 Å². The molecule has 2 heterocycles. The van der Waals surface area contributed by atoms with Gasteiger partial charge >= 0.3 is 0 Å². The van der Waals surface area contributed by atoms with Crippen molar-refractivity contribution in [1.29, 1.82) is 0 Å². The number of hydrogen-bond acceptors (Lipinski definition) is 4. The first-order valence-corrected chi connectivity index (χ1v) is 12.6. The van der Waals surface area contributed by atoms with Gasteiger partial charge in [0.15, 0.2) is 0 Å². The maximum absolute atomic E-state index is 6.14. The van der Waals surface area contributed by atoms with Gasteiger partial charge in [-0.3, -0.25) is 10.1 Å². The van der Waals surface area contributed by atoms with E-state index in [1.807, 2.05) is 31.5 Å². The third-order valence-electron chi connectivity index (χ3n) is 7.20. The van der Waals surface area contributed by atoms with Crippen molar-refractivity contribution in [3.8, 4) is 22.6 Å². The van der Waals surface area contributed by atoms with Crippen molar-refractivity contribution in [2.75, 3.05) is 7.11 Å². The fourth-order valence-corrected chi connectivity index (χ4v) is 5.33. The molecule has 5 heteroatoms. The molecule has 1 aliphatic carbocycles. The molecule has 5 rings (SSSR count). The van der Waals surface area contributed by atoms with E-state index >= 15 is 0 Å². The van der Waals surface area contributed by atoms with Crippen LogP contribution in [0.1, 0.15) is 43.1 Å². The molecular weight excluding hydrogens is 446 g/mol.